The molecule has 0 aliphatic carbocycles. The molecule has 0 unspecified atom stereocenters. The van der Waals surface area contributed by atoms with Gasteiger partial charge in [0.1, 0.15) is 11.4 Å². The Labute approximate surface area is 105 Å². The lowest BCUT2D eigenvalue weighted by atomic mass is 10.2. The van der Waals surface area contributed by atoms with E-state index in [4.69, 9.17) is 4.74 Å². The third-order valence-corrected chi connectivity index (χ3v) is 2.38. The summed E-state index contributed by atoms with van der Waals surface area (Å²) in [5, 5.41) is 4.58. The first-order chi connectivity index (χ1) is 8.69. The smallest absolute Gasteiger partial charge is 0.326 e. The zero-order valence-electron chi connectivity index (χ0n) is 10.0. The molecule has 0 radical (unpaired) electrons. The van der Waals surface area contributed by atoms with Gasteiger partial charge in [-0.2, -0.15) is 0 Å². The molecule has 0 aromatic heterocycles. The van der Waals surface area contributed by atoms with Crippen molar-refractivity contribution in [1.82, 2.24) is 10.6 Å². The standard InChI is InChI=1S/C13H14N2O3/c1-2-7-18-10-5-3-9(4-6-10)8-11-12(16)15-13(17)14-11/h3-6,8H,2,7H2,1H3,(H2,14,15,16,17)/b11-8-. The molecule has 1 heterocycles. The maximum absolute atomic E-state index is 11.3. The summed E-state index contributed by atoms with van der Waals surface area (Å²) in [5.74, 6) is 0.380. The predicted octanol–water partition coefficient (Wildman–Crippen LogP) is 1.66. The van der Waals surface area contributed by atoms with E-state index in [1.165, 1.54) is 0 Å². The third-order valence-electron chi connectivity index (χ3n) is 2.38. The van der Waals surface area contributed by atoms with Gasteiger partial charge in [-0.25, -0.2) is 4.79 Å². The molecular formula is C13H14N2O3. The van der Waals surface area contributed by atoms with Crippen molar-refractivity contribution in [1.29, 1.82) is 0 Å². The highest BCUT2D eigenvalue weighted by Gasteiger charge is 2.22. The first-order valence-electron chi connectivity index (χ1n) is 5.76. The second kappa shape index (κ2) is 5.35. The van der Waals surface area contributed by atoms with Crippen molar-refractivity contribution < 1.29 is 14.3 Å². The minimum Gasteiger partial charge on any atom is -0.494 e. The lowest BCUT2D eigenvalue weighted by Crippen LogP contribution is -2.22. The molecule has 1 aliphatic heterocycles. The molecule has 2 N–H and O–H groups in total. The lowest BCUT2D eigenvalue weighted by Gasteiger charge is -2.04. The monoisotopic (exact) mass is 246 g/mol. The van der Waals surface area contributed by atoms with E-state index >= 15 is 0 Å². The van der Waals surface area contributed by atoms with Crippen LogP contribution in [0.25, 0.3) is 6.08 Å². The number of nitrogens with one attached hydrogen (secondary N) is 2. The number of urea groups is 1. The molecule has 18 heavy (non-hydrogen) atoms. The SMILES string of the molecule is CCCOc1ccc(/C=C2\NC(=O)NC2=O)cc1. The van der Waals surface area contributed by atoms with Gasteiger partial charge in [0.15, 0.2) is 0 Å². The molecule has 0 bridgehead atoms. The minimum atomic E-state index is -0.492. The molecule has 2 rings (SSSR count). The summed E-state index contributed by atoms with van der Waals surface area (Å²) in [7, 11) is 0. The van der Waals surface area contributed by atoms with E-state index in [-0.39, 0.29) is 5.70 Å². The van der Waals surface area contributed by atoms with Crippen molar-refractivity contribution in [3.8, 4) is 5.75 Å². The highest BCUT2D eigenvalue weighted by atomic mass is 16.5. The van der Waals surface area contributed by atoms with Crippen LogP contribution in [0.1, 0.15) is 18.9 Å². The van der Waals surface area contributed by atoms with Gasteiger partial charge >= 0.3 is 6.03 Å². The molecular weight excluding hydrogens is 232 g/mol. The van der Waals surface area contributed by atoms with Crippen LogP contribution in [0.5, 0.6) is 5.75 Å². The highest BCUT2D eigenvalue weighted by Crippen LogP contribution is 2.15. The fourth-order valence-corrected chi connectivity index (χ4v) is 1.53. The summed E-state index contributed by atoms with van der Waals surface area (Å²) < 4.78 is 5.45. The van der Waals surface area contributed by atoms with Crippen LogP contribution in [0.3, 0.4) is 0 Å². The van der Waals surface area contributed by atoms with Crippen LogP contribution in [0, 0.1) is 0 Å². The molecule has 1 fully saturated rings. The summed E-state index contributed by atoms with van der Waals surface area (Å²) in [6.07, 6.45) is 2.57. The maximum Gasteiger partial charge on any atom is 0.326 e. The van der Waals surface area contributed by atoms with Gasteiger partial charge in [-0.15, -0.1) is 0 Å². The molecule has 1 aromatic carbocycles. The lowest BCUT2D eigenvalue weighted by molar-refractivity contribution is -0.115. The predicted molar refractivity (Wildman–Crippen MR) is 66.9 cm³/mol. The number of ether oxygens (including phenoxy) is 1. The van der Waals surface area contributed by atoms with E-state index < -0.39 is 11.9 Å². The molecule has 5 heteroatoms. The number of hydrogen-bond acceptors (Lipinski definition) is 3. The maximum atomic E-state index is 11.3. The molecule has 0 atom stereocenters. The summed E-state index contributed by atoms with van der Waals surface area (Å²) in [6, 6.07) is 6.83. The van der Waals surface area contributed by atoms with Crippen LogP contribution in [-0.4, -0.2) is 18.5 Å². The van der Waals surface area contributed by atoms with E-state index in [0.29, 0.717) is 6.61 Å². The van der Waals surface area contributed by atoms with E-state index in [1.807, 2.05) is 31.2 Å². The van der Waals surface area contributed by atoms with Crippen molar-refractivity contribution >= 4 is 18.0 Å². The Balaban J connectivity index is 2.08. The fourth-order valence-electron chi connectivity index (χ4n) is 1.53. The number of amides is 3. The first kappa shape index (κ1) is 12.2. The van der Waals surface area contributed by atoms with Gasteiger partial charge in [-0.3, -0.25) is 10.1 Å². The highest BCUT2D eigenvalue weighted by molar-refractivity contribution is 6.13. The third kappa shape index (κ3) is 2.88. The topological polar surface area (TPSA) is 67.4 Å². The average Bonchev–Trinajstić information content (AvgIpc) is 2.67. The normalized spacial score (nSPS) is 16.6. The largest absolute Gasteiger partial charge is 0.494 e. The second-order valence-corrected chi connectivity index (χ2v) is 3.88. The van der Waals surface area contributed by atoms with Crippen molar-refractivity contribution in [2.24, 2.45) is 0 Å². The Hall–Kier alpha value is -2.30. The van der Waals surface area contributed by atoms with Crippen LogP contribution in [0.4, 0.5) is 4.79 Å². The summed E-state index contributed by atoms with van der Waals surface area (Å²) in [6.45, 7) is 2.72. The molecule has 0 saturated carbocycles. The number of carbonyl (C=O) groups is 2. The van der Waals surface area contributed by atoms with Crippen LogP contribution in [-0.2, 0) is 4.79 Å². The first-order valence-corrected chi connectivity index (χ1v) is 5.76. The van der Waals surface area contributed by atoms with Crippen LogP contribution >= 0.6 is 0 Å². The Kier molecular flexibility index (Phi) is 3.62. The number of benzene rings is 1. The molecule has 1 aromatic rings. The number of rotatable bonds is 4. The zero-order chi connectivity index (χ0) is 13.0. The minimum absolute atomic E-state index is 0.252. The fraction of sp³-hybridized carbons (Fsp3) is 0.231. The van der Waals surface area contributed by atoms with Crippen molar-refractivity contribution in [3.05, 3.63) is 35.5 Å². The molecule has 5 nitrogen and oxygen atoms in total. The summed E-state index contributed by atoms with van der Waals surface area (Å²) in [4.78, 5) is 22.2. The van der Waals surface area contributed by atoms with E-state index in [1.54, 1.807) is 6.08 Å². The quantitative estimate of drug-likeness (QED) is 0.627. The number of imide groups is 1. The zero-order valence-corrected chi connectivity index (χ0v) is 10.0. The van der Waals surface area contributed by atoms with Crippen LogP contribution in [0.15, 0.2) is 30.0 Å². The molecule has 0 spiro atoms. The van der Waals surface area contributed by atoms with Gasteiger partial charge in [0.05, 0.1) is 6.61 Å². The van der Waals surface area contributed by atoms with Gasteiger partial charge in [0.25, 0.3) is 5.91 Å². The summed E-state index contributed by atoms with van der Waals surface area (Å²) in [5.41, 5.74) is 1.08. The van der Waals surface area contributed by atoms with Gasteiger partial charge < -0.3 is 10.1 Å². The van der Waals surface area contributed by atoms with Crippen molar-refractivity contribution in [2.75, 3.05) is 6.61 Å². The Morgan fingerprint density at radius 2 is 1.89 bits per heavy atom. The van der Waals surface area contributed by atoms with E-state index in [0.717, 1.165) is 17.7 Å². The summed E-state index contributed by atoms with van der Waals surface area (Å²) >= 11 is 0. The average molecular weight is 246 g/mol. The van der Waals surface area contributed by atoms with Crippen LogP contribution < -0.4 is 15.4 Å². The van der Waals surface area contributed by atoms with E-state index in [9.17, 15) is 9.59 Å². The van der Waals surface area contributed by atoms with Gasteiger partial charge in [-0.05, 0) is 30.2 Å². The molecule has 1 aliphatic rings. The second-order valence-electron chi connectivity index (χ2n) is 3.88. The number of hydrogen-bond donors (Lipinski definition) is 2. The molecule has 1 saturated heterocycles. The Morgan fingerprint density at radius 3 is 2.44 bits per heavy atom. The molecule has 94 valence electrons. The van der Waals surface area contributed by atoms with Gasteiger partial charge in [0.2, 0.25) is 0 Å². The molecule has 3 amide bonds. The Bertz CT molecular complexity index is 491. The van der Waals surface area contributed by atoms with Crippen molar-refractivity contribution in [3.63, 3.8) is 0 Å². The van der Waals surface area contributed by atoms with Crippen LogP contribution in [0.2, 0.25) is 0 Å². The van der Waals surface area contributed by atoms with Gasteiger partial charge in [0, 0.05) is 0 Å². The Morgan fingerprint density at radius 1 is 1.17 bits per heavy atom. The van der Waals surface area contributed by atoms with Gasteiger partial charge in [-0.1, -0.05) is 19.1 Å². The number of carbonyl (C=O) groups excluding carboxylic acids is 2. The van der Waals surface area contributed by atoms with Crippen molar-refractivity contribution in [2.45, 2.75) is 13.3 Å². The van der Waals surface area contributed by atoms with E-state index in [2.05, 4.69) is 10.6 Å².